The highest BCUT2D eigenvalue weighted by molar-refractivity contribution is 5.98. The Kier molecular flexibility index (Phi) is 38.5. The molecule has 7 amide bonds. The van der Waals surface area contributed by atoms with Crippen LogP contribution in [0, 0.1) is 6.92 Å². The van der Waals surface area contributed by atoms with E-state index < -0.39 is 6.17 Å². The van der Waals surface area contributed by atoms with Gasteiger partial charge in [0, 0.05) is 201 Å². The van der Waals surface area contributed by atoms with Crippen LogP contribution in [0.5, 0.6) is 0 Å². The van der Waals surface area contributed by atoms with Crippen LogP contribution >= 0.6 is 0 Å². The Labute approximate surface area is 605 Å². The molecule has 552 valence electrons. The van der Waals surface area contributed by atoms with Gasteiger partial charge in [-0.15, -0.1) is 0 Å². The van der Waals surface area contributed by atoms with E-state index in [9.17, 15) is 38.0 Å². The first-order valence-electron chi connectivity index (χ1n) is 34.7. The molecule has 1 aliphatic heterocycles. The Balaban J connectivity index is 0.000000310. The molecule has 102 heavy (non-hydrogen) atoms. The minimum Gasteiger partial charge on any atom is -0.388 e. The molecule has 3 atom stereocenters. The zero-order valence-electron chi connectivity index (χ0n) is 63.3. The van der Waals surface area contributed by atoms with Gasteiger partial charge in [0.25, 0.3) is 41.4 Å². The van der Waals surface area contributed by atoms with Crippen molar-refractivity contribution in [1.82, 2.24) is 35.6 Å². The van der Waals surface area contributed by atoms with Crippen molar-refractivity contribution in [1.29, 1.82) is 0 Å². The lowest BCUT2D eigenvalue weighted by Crippen LogP contribution is -2.34. The molecule has 1 saturated carbocycles. The maximum Gasteiger partial charge on any atom is 0.253 e. The van der Waals surface area contributed by atoms with E-state index >= 15 is 0 Å². The third-order valence-electron chi connectivity index (χ3n) is 16.6. The summed E-state index contributed by atoms with van der Waals surface area (Å²) in [4.78, 5) is 89.3. The van der Waals surface area contributed by atoms with Crippen molar-refractivity contribution >= 4 is 81.2 Å². The summed E-state index contributed by atoms with van der Waals surface area (Å²) in [7, 11) is 21.7. The number of halogens is 1. The maximum absolute atomic E-state index is 12.5. The van der Waals surface area contributed by atoms with Crippen LogP contribution in [0.25, 0.3) is 0 Å². The quantitative estimate of drug-likeness (QED) is 0.0321. The number of rotatable bonds is 21. The van der Waals surface area contributed by atoms with E-state index in [1.54, 1.807) is 56.2 Å². The number of hydrogen-bond acceptors (Lipinski definition) is 14. The van der Waals surface area contributed by atoms with Crippen molar-refractivity contribution in [3.05, 3.63) is 208 Å². The van der Waals surface area contributed by atoms with Crippen molar-refractivity contribution in [2.24, 2.45) is 0 Å². The molecule has 21 nitrogen and oxygen atoms in total. The van der Waals surface area contributed by atoms with Gasteiger partial charge in [0.1, 0.15) is 6.17 Å². The van der Waals surface area contributed by atoms with Crippen LogP contribution in [0.2, 0.25) is 0 Å². The molecule has 1 aliphatic carbocycles. The number of nitrogens with zero attached hydrogens (tertiary/aromatic N) is 4. The lowest BCUT2D eigenvalue weighted by Gasteiger charge is -2.24. The summed E-state index contributed by atoms with van der Waals surface area (Å²) < 4.78 is 12.5. The second-order valence-electron chi connectivity index (χ2n) is 24.7. The number of aryl methyl sites for hydroxylation is 1. The van der Waals surface area contributed by atoms with Crippen LogP contribution in [-0.2, 0) is 0 Å². The first-order chi connectivity index (χ1) is 48.7. The Morgan fingerprint density at radius 1 is 0.451 bits per heavy atom. The lowest BCUT2D eigenvalue weighted by atomic mass is 10.1. The van der Waals surface area contributed by atoms with Gasteiger partial charge in [0.15, 0.2) is 0 Å². The average molecular weight is 1400 g/mol. The molecule has 7 aromatic rings. The molecule has 7 aromatic carbocycles. The number of alkyl halides is 1. The zero-order chi connectivity index (χ0) is 75.8. The van der Waals surface area contributed by atoms with Crippen LogP contribution < -0.4 is 53.2 Å². The highest BCUT2D eigenvalue weighted by Gasteiger charge is 2.30. The predicted molar refractivity (Wildman–Crippen MR) is 420 cm³/mol. The van der Waals surface area contributed by atoms with Crippen molar-refractivity contribution in [2.45, 2.75) is 104 Å². The summed E-state index contributed by atoms with van der Waals surface area (Å²) in [6.07, 6.45) is 5.45. The topological polar surface area (TPSA) is 253 Å². The largest absolute Gasteiger partial charge is 0.388 e. The van der Waals surface area contributed by atoms with Gasteiger partial charge in [0.05, 0.1) is 0 Å². The van der Waals surface area contributed by atoms with Crippen molar-refractivity contribution in [3.63, 3.8) is 0 Å². The molecule has 0 radical (unpaired) electrons. The summed E-state index contributed by atoms with van der Waals surface area (Å²) in [6.45, 7) is 13.4. The van der Waals surface area contributed by atoms with Gasteiger partial charge >= 0.3 is 0 Å². The standard InChI is InChI=1S/C13H20N2O.2C12H16N2O.C12H18N2O.C11H15FN2O.2C10H14N2O/c1-5-10(2)15(4)13(16)11-7-6-8-12(9-11)14-3;1-13-10-5-3-4-9(8-10)12(15)14(2)11-6-7-11;1-13-11-6-4-5-10(9-11)12(15)14-7-2-3-8-14;1-4-9(2)14-12(15)10-6-5-7-11(8-10)13-3;1-8(12)7-14-11(15)9-4-3-5-10(6-9)13-2;1-7-4-8(10(13)12-3)6-9(5-7)11-2;1-11-9-6-4-5-8(7-9)10(13)12(2)3/h6-10,14H,5H2,1-4H3;3-5,8,11,13H,6-7H2,1-2H3;4-6,9,13H,2-3,7-8H2,1H3;5-9,13H,4H2,1-3H3,(H,14,15);3-6,8,13H,7H2,1-2H3,(H,14,15);4-6,11H,1-3H3,(H,12,13);4-7,11H,1-3H3. The van der Waals surface area contributed by atoms with Crippen LogP contribution in [-0.4, -0.2) is 189 Å². The summed E-state index contributed by atoms with van der Waals surface area (Å²) >= 11 is 0. The van der Waals surface area contributed by atoms with Crippen LogP contribution in [0.4, 0.5) is 44.2 Å². The average Bonchev–Trinajstić information content (AvgIpc) is 1.65. The van der Waals surface area contributed by atoms with Gasteiger partial charge < -0.3 is 72.8 Å². The smallest absolute Gasteiger partial charge is 0.253 e. The number of anilines is 7. The molecule has 2 aliphatic rings. The molecule has 22 heteroatoms. The van der Waals surface area contributed by atoms with Gasteiger partial charge in [-0.1, -0.05) is 50.2 Å². The molecule has 2 fully saturated rings. The molecule has 0 aromatic heterocycles. The highest BCUT2D eigenvalue weighted by Crippen LogP contribution is 2.27. The van der Waals surface area contributed by atoms with Crippen molar-refractivity contribution < 1.29 is 38.0 Å². The van der Waals surface area contributed by atoms with Crippen LogP contribution in [0.15, 0.2) is 164 Å². The van der Waals surface area contributed by atoms with E-state index in [1.807, 2.05) is 226 Å². The summed E-state index contributed by atoms with van der Waals surface area (Å²) in [5, 5.41) is 29.1. The van der Waals surface area contributed by atoms with E-state index in [1.165, 1.54) is 6.92 Å². The number of carbonyl (C=O) groups excluding carboxylic acids is 7. The third-order valence-corrected chi connectivity index (χ3v) is 16.6. The number of likely N-dealkylation sites (tertiary alicyclic amines) is 1. The summed E-state index contributed by atoms with van der Waals surface area (Å²) in [5.74, 6) is 0.0565. The first kappa shape index (κ1) is 85.6. The molecule has 9 rings (SSSR count). The first-order valence-corrected chi connectivity index (χ1v) is 34.7. The summed E-state index contributed by atoms with van der Waals surface area (Å²) in [6, 6.07) is 51.4. The van der Waals surface area contributed by atoms with E-state index in [4.69, 9.17) is 0 Å². The number of nitrogens with one attached hydrogen (secondary N) is 10. The van der Waals surface area contributed by atoms with Gasteiger partial charge in [-0.25, -0.2) is 4.39 Å². The van der Waals surface area contributed by atoms with Crippen molar-refractivity contribution in [2.75, 3.05) is 141 Å². The number of benzene rings is 7. The van der Waals surface area contributed by atoms with Gasteiger partial charge in [0.2, 0.25) is 0 Å². The molecule has 0 spiro atoms. The zero-order valence-corrected chi connectivity index (χ0v) is 63.3. The highest BCUT2D eigenvalue weighted by atomic mass is 19.1. The monoisotopic (exact) mass is 1400 g/mol. The Morgan fingerprint density at radius 3 is 1.21 bits per heavy atom. The van der Waals surface area contributed by atoms with Crippen LogP contribution in [0.3, 0.4) is 0 Å². The SMILES string of the molecule is CCC(C)N(C)C(=O)c1cccc(NC)c1.CCC(C)NC(=O)c1cccc(NC)c1.CNC(=O)c1cc(C)cc(NC)c1.CNc1cccc(C(=O)N(C)C)c1.CNc1cccc(C(=O)N(C)C2CC2)c1.CNc1cccc(C(=O)N2CCCC2)c1.CNc1cccc(C(=O)NCC(C)F)c1. The Morgan fingerprint density at radius 2 is 0.824 bits per heavy atom. The maximum atomic E-state index is 12.5. The second-order valence-corrected chi connectivity index (χ2v) is 24.7. The van der Waals surface area contributed by atoms with E-state index in [2.05, 4.69) is 73.9 Å². The molecule has 0 bridgehead atoms. The number of hydrogen-bond donors (Lipinski definition) is 10. The van der Waals surface area contributed by atoms with E-state index in [-0.39, 0.29) is 60.0 Å². The fourth-order valence-electron chi connectivity index (χ4n) is 9.68. The van der Waals surface area contributed by atoms with Crippen LogP contribution in [0.1, 0.15) is 151 Å². The molecule has 1 heterocycles. The summed E-state index contributed by atoms with van der Waals surface area (Å²) in [5.41, 5.74) is 12.6. The normalized spacial score (nSPS) is 12.2. The van der Waals surface area contributed by atoms with Crippen molar-refractivity contribution in [3.8, 4) is 0 Å². The Bertz CT molecular complexity index is 3690. The fraction of sp³-hybridized carbons (Fsp3) is 0.388. The fourth-order valence-corrected chi connectivity index (χ4v) is 9.68. The molecule has 3 unspecified atom stereocenters. The van der Waals surface area contributed by atoms with E-state index in [0.29, 0.717) is 28.3 Å². The molecule has 10 N–H and O–H groups in total. The minimum atomic E-state index is -1.03. The number of amides is 7. The Hall–Kier alpha value is -10.6. The van der Waals surface area contributed by atoms with Gasteiger partial charge in [-0.2, -0.15) is 0 Å². The molecular weight excluding hydrogens is 1290 g/mol. The van der Waals surface area contributed by atoms with Gasteiger partial charge in [-0.05, 0) is 199 Å². The molecular formula is C80H113FN14O7. The second kappa shape index (κ2) is 45.9. The lowest BCUT2D eigenvalue weighted by molar-refractivity contribution is 0.0738. The third kappa shape index (κ3) is 30.1. The molecule has 1 saturated heterocycles. The minimum absolute atomic E-state index is 0.0125. The van der Waals surface area contributed by atoms with Gasteiger partial charge in [-0.3, -0.25) is 33.6 Å². The predicted octanol–water partition coefficient (Wildman–Crippen LogP) is 13.4. The van der Waals surface area contributed by atoms with E-state index in [0.717, 1.165) is 114 Å². The number of carbonyl (C=O) groups is 7.